The number of ether oxygens (including phenoxy) is 4. The first-order valence-corrected chi connectivity index (χ1v) is 8.25. The van der Waals surface area contributed by atoms with E-state index in [0.29, 0.717) is 0 Å². The topological polar surface area (TPSA) is 40.2 Å². The molecule has 5 rings (SSSR count). The molecule has 3 heterocycles. The minimum Gasteiger partial charge on any atom is -0.493 e. The molecule has 0 spiro atoms. The SMILES string of the molecule is COc1ccc2c3c1Oc1cc4c(cc1CC3N(C)CC2)OCO4.Cl. The van der Waals surface area contributed by atoms with Gasteiger partial charge in [-0.3, -0.25) is 4.90 Å². The third-order valence-corrected chi connectivity index (χ3v) is 5.25. The average Bonchev–Trinajstić information content (AvgIpc) is 2.97. The Balaban J connectivity index is 0.00000157. The summed E-state index contributed by atoms with van der Waals surface area (Å²) >= 11 is 0. The highest BCUT2D eigenvalue weighted by Gasteiger charge is 2.34. The van der Waals surface area contributed by atoms with E-state index in [-0.39, 0.29) is 25.2 Å². The van der Waals surface area contributed by atoms with Crippen LogP contribution in [0.2, 0.25) is 0 Å². The Labute approximate surface area is 152 Å². The van der Waals surface area contributed by atoms with E-state index in [1.165, 1.54) is 11.1 Å². The number of methoxy groups -OCH3 is 1. The third kappa shape index (κ3) is 2.41. The second-order valence-electron chi connectivity index (χ2n) is 6.54. The molecule has 0 saturated heterocycles. The standard InChI is InChI=1S/C19H19NO4.ClH/c1-20-6-5-11-3-4-14(21-2)19-18(11)13(20)7-12-8-16-17(23-10-22-16)9-15(12)24-19;/h3-4,8-9,13H,5-7,10H2,1-2H3;1H. The van der Waals surface area contributed by atoms with Crippen molar-refractivity contribution in [2.75, 3.05) is 27.5 Å². The maximum absolute atomic E-state index is 6.36. The van der Waals surface area contributed by atoms with Gasteiger partial charge in [0.15, 0.2) is 23.0 Å². The molecule has 132 valence electrons. The van der Waals surface area contributed by atoms with Crippen LogP contribution in [0.5, 0.6) is 28.7 Å². The van der Waals surface area contributed by atoms with Crippen LogP contribution in [-0.2, 0) is 12.8 Å². The van der Waals surface area contributed by atoms with Crippen molar-refractivity contribution in [3.63, 3.8) is 0 Å². The van der Waals surface area contributed by atoms with Crippen molar-refractivity contribution in [3.8, 4) is 28.7 Å². The smallest absolute Gasteiger partial charge is 0.231 e. The van der Waals surface area contributed by atoms with E-state index >= 15 is 0 Å². The van der Waals surface area contributed by atoms with Crippen molar-refractivity contribution in [1.29, 1.82) is 0 Å². The van der Waals surface area contributed by atoms with Crippen LogP contribution in [0.25, 0.3) is 0 Å². The second kappa shape index (κ2) is 6.00. The van der Waals surface area contributed by atoms with Crippen LogP contribution in [0.15, 0.2) is 24.3 Å². The molecule has 6 heteroatoms. The zero-order valence-corrected chi connectivity index (χ0v) is 15.0. The van der Waals surface area contributed by atoms with Crippen LogP contribution in [0.4, 0.5) is 0 Å². The first kappa shape index (κ1) is 16.4. The van der Waals surface area contributed by atoms with Gasteiger partial charge in [-0.15, -0.1) is 12.4 Å². The van der Waals surface area contributed by atoms with Crippen LogP contribution in [0.1, 0.15) is 22.7 Å². The van der Waals surface area contributed by atoms with Gasteiger partial charge in [-0.05, 0) is 37.6 Å². The lowest BCUT2D eigenvalue weighted by atomic mass is 9.88. The fourth-order valence-electron chi connectivity index (χ4n) is 3.94. The number of nitrogens with zero attached hydrogens (tertiary/aromatic N) is 1. The predicted molar refractivity (Wildman–Crippen MR) is 95.7 cm³/mol. The first-order chi connectivity index (χ1) is 11.7. The van der Waals surface area contributed by atoms with Crippen LogP contribution in [-0.4, -0.2) is 32.4 Å². The van der Waals surface area contributed by atoms with Gasteiger partial charge in [-0.1, -0.05) is 6.07 Å². The van der Waals surface area contributed by atoms with E-state index in [2.05, 4.69) is 24.1 Å². The summed E-state index contributed by atoms with van der Waals surface area (Å²) in [7, 11) is 3.86. The number of hydrogen-bond acceptors (Lipinski definition) is 5. The molecule has 3 aliphatic heterocycles. The maximum atomic E-state index is 6.36. The molecule has 0 saturated carbocycles. The third-order valence-electron chi connectivity index (χ3n) is 5.25. The highest BCUT2D eigenvalue weighted by atomic mass is 35.5. The Morgan fingerprint density at radius 3 is 2.68 bits per heavy atom. The van der Waals surface area contributed by atoms with Crippen molar-refractivity contribution in [3.05, 3.63) is 41.0 Å². The zero-order valence-electron chi connectivity index (χ0n) is 14.2. The molecule has 5 nitrogen and oxygen atoms in total. The molecule has 0 aliphatic carbocycles. The Kier molecular flexibility index (Phi) is 3.93. The molecule has 2 aromatic rings. The molecule has 0 radical (unpaired) electrons. The van der Waals surface area contributed by atoms with E-state index in [9.17, 15) is 0 Å². The minimum atomic E-state index is 0. The van der Waals surface area contributed by atoms with Crippen LogP contribution >= 0.6 is 12.4 Å². The van der Waals surface area contributed by atoms with E-state index in [0.717, 1.165) is 53.7 Å². The molecular weight excluding hydrogens is 342 g/mol. The van der Waals surface area contributed by atoms with E-state index in [4.69, 9.17) is 18.9 Å². The van der Waals surface area contributed by atoms with Gasteiger partial charge in [-0.2, -0.15) is 0 Å². The molecule has 0 N–H and O–H groups in total. The predicted octanol–water partition coefficient (Wildman–Crippen LogP) is 3.72. The van der Waals surface area contributed by atoms with Gasteiger partial charge in [0.1, 0.15) is 5.75 Å². The van der Waals surface area contributed by atoms with Crippen molar-refractivity contribution in [2.24, 2.45) is 0 Å². The van der Waals surface area contributed by atoms with Crippen molar-refractivity contribution in [1.82, 2.24) is 4.90 Å². The monoisotopic (exact) mass is 361 g/mol. The number of benzene rings is 2. The molecule has 1 atom stereocenters. The number of fused-ring (bicyclic) bond motifs is 2. The summed E-state index contributed by atoms with van der Waals surface area (Å²) in [4.78, 5) is 2.40. The lowest BCUT2D eigenvalue weighted by Gasteiger charge is -2.34. The number of rotatable bonds is 1. The number of likely N-dealkylation sites (N-methyl/N-ethyl adjacent to an activating group) is 1. The zero-order chi connectivity index (χ0) is 16.3. The van der Waals surface area contributed by atoms with Gasteiger partial charge in [0.05, 0.1) is 7.11 Å². The fraction of sp³-hybridized carbons (Fsp3) is 0.368. The first-order valence-electron chi connectivity index (χ1n) is 8.25. The van der Waals surface area contributed by atoms with E-state index < -0.39 is 0 Å². The molecule has 25 heavy (non-hydrogen) atoms. The lowest BCUT2D eigenvalue weighted by molar-refractivity contribution is 0.173. The maximum Gasteiger partial charge on any atom is 0.231 e. The summed E-state index contributed by atoms with van der Waals surface area (Å²) < 4.78 is 23.0. The molecule has 2 aromatic carbocycles. The summed E-state index contributed by atoms with van der Waals surface area (Å²) in [6, 6.07) is 8.45. The second-order valence-corrected chi connectivity index (χ2v) is 6.54. The van der Waals surface area contributed by atoms with E-state index in [1.807, 2.05) is 12.1 Å². The summed E-state index contributed by atoms with van der Waals surface area (Å²) in [6.07, 6.45) is 1.91. The van der Waals surface area contributed by atoms with Gasteiger partial charge in [0.2, 0.25) is 6.79 Å². The molecular formula is C19H20ClNO4. The summed E-state index contributed by atoms with van der Waals surface area (Å²) in [5, 5.41) is 0. The lowest BCUT2D eigenvalue weighted by Crippen LogP contribution is -2.33. The summed E-state index contributed by atoms with van der Waals surface area (Å²) in [5.74, 6) is 3.98. The van der Waals surface area contributed by atoms with Crippen molar-refractivity contribution >= 4 is 12.4 Å². The molecule has 0 amide bonds. The van der Waals surface area contributed by atoms with Gasteiger partial charge < -0.3 is 18.9 Å². The quantitative estimate of drug-likeness (QED) is 0.774. The van der Waals surface area contributed by atoms with Crippen LogP contribution in [0, 0.1) is 0 Å². The Morgan fingerprint density at radius 2 is 1.88 bits per heavy atom. The Bertz CT molecular complexity index is 839. The van der Waals surface area contributed by atoms with Gasteiger partial charge >= 0.3 is 0 Å². The molecule has 0 bridgehead atoms. The van der Waals surface area contributed by atoms with Crippen molar-refractivity contribution < 1.29 is 18.9 Å². The summed E-state index contributed by atoms with van der Waals surface area (Å²) in [5.41, 5.74) is 3.74. The van der Waals surface area contributed by atoms with E-state index in [1.54, 1.807) is 7.11 Å². The van der Waals surface area contributed by atoms with Gasteiger partial charge in [-0.25, -0.2) is 0 Å². The van der Waals surface area contributed by atoms with Gasteiger partial charge in [0.25, 0.3) is 0 Å². The molecule has 0 fully saturated rings. The highest BCUT2D eigenvalue weighted by molar-refractivity contribution is 5.85. The number of hydrogen-bond donors (Lipinski definition) is 0. The van der Waals surface area contributed by atoms with Crippen LogP contribution < -0.4 is 18.9 Å². The Morgan fingerprint density at radius 1 is 1.08 bits per heavy atom. The molecule has 0 aromatic heterocycles. The fourth-order valence-corrected chi connectivity index (χ4v) is 3.94. The number of halogens is 1. The molecule has 1 unspecified atom stereocenters. The normalized spacial score (nSPS) is 19.8. The van der Waals surface area contributed by atoms with Crippen molar-refractivity contribution in [2.45, 2.75) is 18.9 Å². The van der Waals surface area contributed by atoms with Crippen LogP contribution in [0.3, 0.4) is 0 Å². The minimum absolute atomic E-state index is 0. The van der Waals surface area contributed by atoms with Gasteiger partial charge in [0, 0.05) is 29.8 Å². The highest BCUT2D eigenvalue weighted by Crippen LogP contribution is 2.50. The Hall–Kier alpha value is -2.11. The molecule has 3 aliphatic rings. The largest absolute Gasteiger partial charge is 0.493 e. The summed E-state index contributed by atoms with van der Waals surface area (Å²) in [6.45, 7) is 1.31. The average molecular weight is 362 g/mol.